The maximum atomic E-state index is 12.0. The number of hydrogen-bond acceptors (Lipinski definition) is 4. The van der Waals surface area contributed by atoms with E-state index in [2.05, 4.69) is 9.97 Å². The summed E-state index contributed by atoms with van der Waals surface area (Å²) in [5.74, 6) is -0.527. The largest absolute Gasteiger partial charge is 0.508 e. The van der Waals surface area contributed by atoms with Crippen molar-refractivity contribution in [3.63, 3.8) is 0 Å². The van der Waals surface area contributed by atoms with Gasteiger partial charge < -0.3 is 15.2 Å². The molecule has 1 aromatic carbocycles. The number of H-pyrrole nitrogens is 1. The van der Waals surface area contributed by atoms with Crippen molar-refractivity contribution in [3.05, 3.63) is 45.9 Å². The van der Waals surface area contributed by atoms with Crippen molar-refractivity contribution < 1.29 is 15.0 Å². The average Bonchev–Trinajstić information content (AvgIpc) is 2.37. The number of aliphatic carboxylic acids is 1. The third-order valence-corrected chi connectivity index (χ3v) is 2.93. The molecule has 0 bridgehead atoms. The van der Waals surface area contributed by atoms with Crippen LogP contribution in [0.3, 0.4) is 0 Å². The normalized spacial score (nSPS) is 10.4. The molecule has 0 aliphatic carbocycles. The van der Waals surface area contributed by atoms with Crippen molar-refractivity contribution in [2.24, 2.45) is 0 Å². The van der Waals surface area contributed by atoms with Crippen LogP contribution in [-0.2, 0) is 11.2 Å². The van der Waals surface area contributed by atoms with Crippen molar-refractivity contribution in [2.75, 3.05) is 0 Å². The van der Waals surface area contributed by atoms with Gasteiger partial charge in [0.05, 0.1) is 0 Å². The van der Waals surface area contributed by atoms with Crippen LogP contribution in [0, 0.1) is 6.92 Å². The number of aromatic nitrogens is 2. The Balaban J connectivity index is 2.40. The van der Waals surface area contributed by atoms with Gasteiger partial charge in [-0.25, -0.2) is 4.98 Å². The molecule has 0 unspecified atom stereocenters. The first-order valence-corrected chi connectivity index (χ1v) is 6.08. The summed E-state index contributed by atoms with van der Waals surface area (Å²) in [7, 11) is 0. The Hall–Kier alpha value is -2.63. The van der Waals surface area contributed by atoms with E-state index >= 15 is 0 Å². The summed E-state index contributed by atoms with van der Waals surface area (Å²) < 4.78 is 0. The summed E-state index contributed by atoms with van der Waals surface area (Å²) in [6.07, 6.45) is 0.0287. The Morgan fingerprint density at radius 2 is 2.15 bits per heavy atom. The van der Waals surface area contributed by atoms with E-state index in [4.69, 9.17) is 5.11 Å². The van der Waals surface area contributed by atoms with Gasteiger partial charge in [0.25, 0.3) is 5.56 Å². The molecule has 0 atom stereocenters. The lowest BCUT2D eigenvalue weighted by Crippen LogP contribution is -2.18. The lowest BCUT2D eigenvalue weighted by atomic mass is 10.1. The zero-order valence-corrected chi connectivity index (χ0v) is 10.9. The van der Waals surface area contributed by atoms with Crippen LogP contribution >= 0.6 is 0 Å². The second-order valence-corrected chi connectivity index (χ2v) is 4.42. The first-order valence-electron chi connectivity index (χ1n) is 6.08. The van der Waals surface area contributed by atoms with Gasteiger partial charge in [0, 0.05) is 23.2 Å². The van der Waals surface area contributed by atoms with Gasteiger partial charge in [-0.1, -0.05) is 12.1 Å². The molecule has 1 aromatic heterocycles. The first kappa shape index (κ1) is 13.8. The molecule has 3 N–H and O–H groups in total. The van der Waals surface area contributed by atoms with Gasteiger partial charge in [-0.3, -0.25) is 9.59 Å². The van der Waals surface area contributed by atoms with Gasteiger partial charge in [-0.2, -0.15) is 0 Å². The maximum Gasteiger partial charge on any atom is 0.303 e. The average molecular weight is 274 g/mol. The van der Waals surface area contributed by atoms with Crippen molar-refractivity contribution in [3.8, 4) is 17.1 Å². The summed E-state index contributed by atoms with van der Waals surface area (Å²) in [5, 5.41) is 18.1. The Morgan fingerprint density at radius 1 is 1.40 bits per heavy atom. The van der Waals surface area contributed by atoms with Gasteiger partial charge in [0.2, 0.25) is 0 Å². The monoisotopic (exact) mass is 274 g/mol. The van der Waals surface area contributed by atoms with E-state index in [-0.39, 0.29) is 24.2 Å². The number of carboxylic acid groups (broad SMARTS) is 1. The standard InChI is InChI=1S/C14H14N2O4/c1-8-11(5-6-12(18)19)14(20)16-13(15-8)9-3-2-4-10(17)7-9/h2-4,7,17H,5-6H2,1H3,(H,18,19)(H,15,16,20). The molecular weight excluding hydrogens is 260 g/mol. The van der Waals surface area contributed by atoms with Gasteiger partial charge in [0.1, 0.15) is 11.6 Å². The third kappa shape index (κ3) is 3.03. The number of rotatable bonds is 4. The SMILES string of the molecule is Cc1nc(-c2cccc(O)c2)[nH]c(=O)c1CCC(=O)O. The highest BCUT2D eigenvalue weighted by Gasteiger charge is 2.11. The number of carbonyl (C=O) groups is 1. The van der Waals surface area contributed by atoms with Crippen molar-refractivity contribution >= 4 is 5.97 Å². The molecule has 0 saturated carbocycles. The second kappa shape index (κ2) is 5.56. The summed E-state index contributed by atoms with van der Waals surface area (Å²) in [5.41, 5.74) is 1.11. The van der Waals surface area contributed by atoms with E-state index in [0.717, 1.165) is 0 Å². The van der Waals surface area contributed by atoms with Gasteiger partial charge >= 0.3 is 5.97 Å². The molecule has 6 nitrogen and oxygen atoms in total. The highest BCUT2D eigenvalue weighted by atomic mass is 16.4. The Kier molecular flexibility index (Phi) is 3.84. The number of aromatic amines is 1. The molecule has 2 aromatic rings. The van der Waals surface area contributed by atoms with Crippen molar-refractivity contribution in [1.82, 2.24) is 9.97 Å². The summed E-state index contributed by atoms with van der Waals surface area (Å²) in [4.78, 5) is 29.4. The molecule has 0 amide bonds. The van der Waals surface area contributed by atoms with Crippen LogP contribution in [0.15, 0.2) is 29.1 Å². The van der Waals surface area contributed by atoms with E-state index in [1.54, 1.807) is 19.1 Å². The van der Waals surface area contributed by atoms with Crippen LogP contribution in [0.2, 0.25) is 0 Å². The molecule has 0 aliphatic heterocycles. The number of carboxylic acids is 1. The number of phenolic OH excluding ortho intramolecular Hbond substituents is 1. The quantitative estimate of drug-likeness (QED) is 0.783. The fourth-order valence-corrected chi connectivity index (χ4v) is 1.93. The maximum absolute atomic E-state index is 12.0. The van der Waals surface area contributed by atoms with Crippen molar-refractivity contribution in [2.45, 2.75) is 19.8 Å². The molecule has 2 rings (SSSR count). The summed E-state index contributed by atoms with van der Waals surface area (Å²) in [6.45, 7) is 1.67. The number of aromatic hydroxyl groups is 1. The minimum Gasteiger partial charge on any atom is -0.508 e. The molecule has 0 radical (unpaired) electrons. The number of phenols is 1. The first-order chi connectivity index (χ1) is 9.47. The summed E-state index contributed by atoms with van der Waals surface area (Å²) >= 11 is 0. The molecule has 1 heterocycles. The van der Waals surface area contributed by atoms with Crippen LogP contribution in [0.25, 0.3) is 11.4 Å². The van der Waals surface area contributed by atoms with E-state index in [1.165, 1.54) is 12.1 Å². The number of nitrogens with zero attached hydrogens (tertiary/aromatic N) is 1. The zero-order chi connectivity index (χ0) is 14.7. The lowest BCUT2D eigenvalue weighted by Gasteiger charge is -2.06. The minimum absolute atomic E-state index is 0.0813. The molecule has 6 heteroatoms. The van der Waals surface area contributed by atoms with Crippen LogP contribution < -0.4 is 5.56 Å². The Morgan fingerprint density at radius 3 is 2.75 bits per heavy atom. The molecule has 20 heavy (non-hydrogen) atoms. The molecule has 0 saturated heterocycles. The molecule has 104 valence electrons. The lowest BCUT2D eigenvalue weighted by molar-refractivity contribution is -0.136. The molecule has 0 fully saturated rings. The predicted molar refractivity (Wildman–Crippen MR) is 72.7 cm³/mol. The fourth-order valence-electron chi connectivity index (χ4n) is 1.93. The highest BCUT2D eigenvalue weighted by Crippen LogP contribution is 2.19. The topological polar surface area (TPSA) is 103 Å². The number of hydrogen-bond donors (Lipinski definition) is 3. The van der Waals surface area contributed by atoms with E-state index in [1.807, 2.05) is 0 Å². The smallest absolute Gasteiger partial charge is 0.303 e. The predicted octanol–water partition coefficient (Wildman–Crippen LogP) is 1.47. The van der Waals surface area contributed by atoms with Gasteiger partial charge in [-0.05, 0) is 25.5 Å². The second-order valence-electron chi connectivity index (χ2n) is 4.42. The van der Waals surface area contributed by atoms with Crippen LogP contribution in [0.4, 0.5) is 0 Å². The zero-order valence-electron chi connectivity index (χ0n) is 10.9. The number of benzene rings is 1. The molecular formula is C14H14N2O4. The van der Waals surface area contributed by atoms with Crippen LogP contribution in [0.1, 0.15) is 17.7 Å². The molecule has 0 spiro atoms. The minimum atomic E-state index is -0.958. The summed E-state index contributed by atoms with van der Waals surface area (Å²) in [6, 6.07) is 6.39. The van der Waals surface area contributed by atoms with E-state index in [0.29, 0.717) is 22.6 Å². The van der Waals surface area contributed by atoms with Gasteiger partial charge in [-0.15, -0.1) is 0 Å². The van der Waals surface area contributed by atoms with E-state index in [9.17, 15) is 14.7 Å². The molecule has 0 aliphatic rings. The van der Waals surface area contributed by atoms with Gasteiger partial charge in [0.15, 0.2) is 0 Å². The highest BCUT2D eigenvalue weighted by molar-refractivity contribution is 5.67. The van der Waals surface area contributed by atoms with Crippen LogP contribution in [0.5, 0.6) is 5.75 Å². The third-order valence-electron chi connectivity index (χ3n) is 2.93. The number of nitrogens with one attached hydrogen (secondary N) is 1. The van der Waals surface area contributed by atoms with E-state index < -0.39 is 5.97 Å². The Labute approximate surface area is 114 Å². The number of aryl methyl sites for hydroxylation is 1. The Bertz CT molecular complexity index is 707. The van der Waals surface area contributed by atoms with Crippen molar-refractivity contribution in [1.29, 1.82) is 0 Å². The fraction of sp³-hybridized carbons (Fsp3) is 0.214. The van der Waals surface area contributed by atoms with Crippen LogP contribution in [-0.4, -0.2) is 26.2 Å².